The van der Waals surface area contributed by atoms with Crippen molar-refractivity contribution < 1.29 is 4.79 Å². The van der Waals surface area contributed by atoms with Crippen molar-refractivity contribution in [3.05, 3.63) is 77.6 Å². The zero-order valence-corrected chi connectivity index (χ0v) is 17.2. The van der Waals surface area contributed by atoms with Crippen LogP contribution in [0.15, 0.2) is 67.0 Å². The third kappa shape index (κ3) is 5.18. The molecular formula is C22H23ClN6O. The van der Waals surface area contributed by atoms with E-state index in [1.165, 1.54) is 12.0 Å². The predicted molar refractivity (Wildman–Crippen MR) is 120 cm³/mol. The van der Waals surface area contributed by atoms with E-state index in [1.807, 2.05) is 18.2 Å². The molecule has 1 saturated heterocycles. The maximum Gasteiger partial charge on any atom is 0.320 e. The van der Waals surface area contributed by atoms with Crippen molar-refractivity contribution in [2.75, 3.05) is 41.3 Å². The lowest BCUT2D eigenvalue weighted by atomic mass is 10.2. The standard InChI is InChI=1S/C22H23ClN6O/c23-18-8-6-17(7-9-18)15-24-22(30)27-20-14-21(26-16-25-20)29-12-10-28(11-13-29)19-4-2-1-3-5-19/h1-9,14,16H,10-13,15H2,(H2,24,25,26,27,30). The van der Waals surface area contributed by atoms with E-state index >= 15 is 0 Å². The zero-order valence-electron chi connectivity index (χ0n) is 16.5. The molecule has 2 N–H and O–H groups in total. The summed E-state index contributed by atoms with van der Waals surface area (Å²) in [6, 6.07) is 19.2. The molecule has 2 heterocycles. The lowest BCUT2D eigenvalue weighted by molar-refractivity contribution is 0.251. The molecular weight excluding hydrogens is 400 g/mol. The minimum atomic E-state index is -0.316. The monoisotopic (exact) mass is 422 g/mol. The second-order valence-corrected chi connectivity index (χ2v) is 7.44. The summed E-state index contributed by atoms with van der Waals surface area (Å²) in [5.74, 6) is 1.28. The van der Waals surface area contributed by atoms with E-state index in [1.54, 1.807) is 18.2 Å². The van der Waals surface area contributed by atoms with E-state index in [9.17, 15) is 4.79 Å². The molecule has 1 aromatic heterocycles. The minimum Gasteiger partial charge on any atom is -0.368 e. The number of anilines is 3. The molecule has 3 aromatic rings. The average Bonchev–Trinajstić information content (AvgIpc) is 2.80. The van der Waals surface area contributed by atoms with Crippen molar-refractivity contribution in [3.8, 4) is 0 Å². The van der Waals surface area contributed by atoms with Crippen LogP contribution in [0.2, 0.25) is 5.02 Å². The number of carbonyl (C=O) groups excluding carboxylic acids is 1. The molecule has 7 nitrogen and oxygen atoms in total. The van der Waals surface area contributed by atoms with Gasteiger partial charge in [-0.2, -0.15) is 0 Å². The van der Waals surface area contributed by atoms with Crippen molar-refractivity contribution in [1.82, 2.24) is 15.3 Å². The van der Waals surface area contributed by atoms with Crippen LogP contribution in [0, 0.1) is 0 Å². The van der Waals surface area contributed by atoms with Crippen LogP contribution in [0.5, 0.6) is 0 Å². The molecule has 1 fully saturated rings. The van der Waals surface area contributed by atoms with Crippen molar-refractivity contribution in [3.63, 3.8) is 0 Å². The third-order valence-electron chi connectivity index (χ3n) is 4.99. The topological polar surface area (TPSA) is 73.4 Å². The maximum atomic E-state index is 12.2. The number of nitrogens with one attached hydrogen (secondary N) is 2. The van der Waals surface area contributed by atoms with Crippen LogP contribution in [0.1, 0.15) is 5.56 Å². The van der Waals surface area contributed by atoms with Crippen LogP contribution in [0.3, 0.4) is 0 Å². The van der Waals surface area contributed by atoms with Gasteiger partial charge in [0.2, 0.25) is 0 Å². The highest BCUT2D eigenvalue weighted by atomic mass is 35.5. The maximum absolute atomic E-state index is 12.2. The van der Waals surface area contributed by atoms with E-state index in [4.69, 9.17) is 11.6 Å². The van der Waals surface area contributed by atoms with Gasteiger partial charge in [0, 0.05) is 49.5 Å². The molecule has 0 bridgehead atoms. The lowest BCUT2D eigenvalue weighted by Crippen LogP contribution is -2.46. The molecule has 0 spiro atoms. The number of benzene rings is 2. The van der Waals surface area contributed by atoms with Gasteiger partial charge in [-0.25, -0.2) is 14.8 Å². The molecule has 0 unspecified atom stereocenters. The second-order valence-electron chi connectivity index (χ2n) is 7.01. The fraction of sp³-hybridized carbons (Fsp3) is 0.227. The Labute approximate surface area is 180 Å². The highest BCUT2D eigenvalue weighted by Gasteiger charge is 2.19. The van der Waals surface area contributed by atoms with Crippen LogP contribution in [0.25, 0.3) is 0 Å². The molecule has 1 aliphatic heterocycles. The lowest BCUT2D eigenvalue weighted by Gasteiger charge is -2.36. The number of urea groups is 1. The van der Waals surface area contributed by atoms with E-state index in [2.05, 4.69) is 54.7 Å². The predicted octanol–water partition coefficient (Wildman–Crippen LogP) is 3.78. The second kappa shape index (κ2) is 9.45. The van der Waals surface area contributed by atoms with Gasteiger partial charge in [-0.05, 0) is 29.8 Å². The minimum absolute atomic E-state index is 0.316. The number of hydrogen-bond donors (Lipinski definition) is 2. The summed E-state index contributed by atoms with van der Waals surface area (Å²) in [5, 5.41) is 6.26. The van der Waals surface area contributed by atoms with Crippen LogP contribution >= 0.6 is 11.6 Å². The number of carbonyl (C=O) groups is 1. The molecule has 154 valence electrons. The summed E-state index contributed by atoms with van der Waals surface area (Å²) in [5.41, 5.74) is 2.20. The normalized spacial score (nSPS) is 13.8. The Morgan fingerprint density at radius 2 is 1.63 bits per heavy atom. The van der Waals surface area contributed by atoms with Gasteiger partial charge in [-0.15, -0.1) is 0 Å². The van der Waals surface area contributed by atoms with Gasteiger partial charge < -0.3 is 15.1 Å². The number of halogens is 1. The van der Waals surface area contributed by atoms with Gasteiger partial charge in [-0.1, -0.05) is 41.9 Å². The smallest absolute Gasteiger partial charge is 0.320 e. The molecule has 0 radical (unpaired) electrons. The first-order valence-corrected chi connectivity index (χ1v) is 10.2. The summed E-state index contributed by atoms with van der Waals surface area (Å²) in [6.45, 7) is 3.95. The molecule has 0 saturated carbocycles. The van der Waals surface area contributed by atoms with Gasteiger partial charge >= 0.3 is 6.03 Å². The van der Waals surface area contributed by atoms with Crippen molar-refractivity contribution >= 4 is 35.0 Å². The number of hydrogen-bond acceptors (Lipinski definition) is 5. The Kier molecular flexibility index (Phi) is 6.29. The first kappa shape index (κ1) is 20.0. The van der Waals surface area contributed by atoms with Gasteiger partial charge in [0.1, 0.15) is 18.0 Å². The number of piperazine rings is 1. The van der Waals surface area contributed by atoms with Crippen LogP contribution in [-0.4, -0.2) is 42.2 Å². The van der Waals surface area contributed by atoms with Crippen LogP contribution in [-0.2, 0) is 6.54 Å². The van der Waals surface area contributed by atoms with Crippen LogP contribution in [0.4, 0.5) is 22.1 Å². The molecule has 0 aliphatic carbocycles. The third-order valence-corrected chi connectivity index (χ3v) is 5.24. The summed E-state index contributed by atoms with van der Waals surface area (Å²) in [7, 11) is 0. The van der Waals surface area contributed by atoms with E-state index < -0.39 is 0 Å². The van der Waals surface area contributed by atoms with Gasteiger partial charge in [-0.3, -0.25) is 5.32 Å². The first-order valence-electron chi connectivity index (χ1n) is 9.84. The Bertz CT molecular complexity index is 974. The molecule has 1 aliphatic rings. The summed E-state index contributed by atoms with van der Waals surface area (Å²) < 4.78 is 0. The van der Waals surface area contributed by atoms with Gasteiger partial charge in [0.25, 0.3) is 0 Å². The van der Waals surface area contributed by atoms with E-state index in [0.717, 1.165) is 37.6 Å². The van der Waals surface area contributed by atoms with Crippen LogP contribution < -0.4 is 20.4 Å². The number of rotatable bonds is 5. The fourth-order valence-electron chi connectivity index (χ4n) is 3.37. The van der Waals surface area contributed by atoms with E-state index in [-0.39, 0.29) is 6.03 Å². The molecule has 2 amide bonds. The van der Waals surface area contributed by atoms with Crippen molar-refractivity contribution in [2.45, 2.75) is 6.54 Å². The number of aromatic nitrogens is 2. The Morgan fingerprint density at radius 1 is 0.933 bits per heavy atom. The van der Waals surface area contributed by atoms with Crippen molar-refractivity contribution in [2.24, 2.45) is 0 Å². The fourth-order valence-corrected chi connectivity index (χ4v) is 3.49. The largest absolute Gasteiger partial charge is 0.368 e. The Hall–Kier alpha value is -3.32. The highest BCUT2D eigenvalue weighted by Crippen LogP contribution is 2.20. The Morgan fingerprint density at radius 3 is 2.37 bits per heavy atom. The van der Waals surface area contributed by atoms with Gasteiger partial charge in [0.05, 0.1) is 0 Å². The number of nitrogens with zero attached hydrogens (tertiary/aromatic N) is 4. The first-order chi connectivity index (χ1) is 14.7. The Balaban J connectivity index is 1.30. The summed E-state index contributed by atoms with van der Waals surface area (Å²) in [4.78, 5) is 25.3. The average molecular weight is 423 g/mol. The summed E-state index contributed by atoms with van der Waals surface area (Å²) in [6.07, 6.45) is 1.48. The zero-order chi connectivity index (χ0) is 20.8. The molecule has 0 atom stereocenters. The van der Waals surface area contributed by atoms with Crippen molar-refractivity contribution in [1.29, 1.82) is 0 Å². The van der Waals surface area contributed by atoms with E-state index in [0.29, 0.717) is 17.4 Å². The van der Waals surface area contributed by atoms with Gasteiger partial charge in [0.15, 0.2) is 0 Å². The number of para-hydroxylation sites is 1. The SMILES string of the molecule is O=C(NCc1ccc(Cl)cc1)Nc1cc(N2CCN(c3ccccc3)CC2)ncn1. The number of amides is 2. The summed E-state index contributed by atoms with van der Waals surface area (Å²) >= 11 is 5.88. The molecule has 4 rings (SSSR count). The molecule has 8 heteroatoms. The highest BCUT2D eigenvalue weighted by molar-refractivity contribution is 6.30. The quantitative estimate of drug-likeness (QED) is 0.654. The molecule has 2 aromatic carbocycles. The molecule has 30 heavy (non-hydrogen) atoms.